The number of nitrogens with two attached hydrogens (primary N) is 1. The van der Waals surface area contributed by atoms with Gasteiger partial charge in [0, 0.05) is 30.4 Å². The number of hydrogen-bond acceptors (Lipinski definition) is 5. The summed E-state index contributed by atoms with van der Waals surface area (Å²) in [6.07, 6.45) is 3.29. The second kappa shape index (κ2) is 4.18. The molecule has 0 radical (unpaired) electrons. The van der Waals surface area contributed by atoms with Crippen molar-refractivity contribution >= 4 is 5.65 Å². The number of aromatic nitrogens is 4. The van der Waals surface area contributed by atoms with Crippen LogP contribution >= 0.6 is 0 Å². The van der Waals surface area contributed by atoms with E-state index in [9.17, 15) is 4.79 Å². The highest BCUT2D eigenvalue weighted by molar-refractivity contribution is 5.37. The van der Waals surface area contributed by atoms with E-state index in [1.54, 1.807) is 0 Å². The second-order valence-corrected chi connectivity index (χ2v) is 4.85. The van der Waals surface area contributed by atoms with Gasteiger partial charge in [-0.3, -0.25) is 4.90 Å². The average Bonchev–Trinajstić information content (AvgIpc) is 2.77. The molecule has 0 bridgehead atoms. The third-order valence-corrected chi connectivity index (χ3v) is 3.53. The van der Waals surface area contributed by atoms with Crippen LogP contribution in [-0.2, 0) is 0 Å². The minimum absolute atomic E-state index is 0.194. The minimum Gasteiger partial charge on any atom is -0.327 e. The van der Waals surface area contributed by atoms with Crippen LogP contribution in [-0.4, -0.2) is 44.1 Å². The normalized spacial score (nSPS) is 25.7. The van der Waals surface area contributed by atoms with Gasteiger partial charge in [-0.2, -0.15) is 9.61 Å². The van der Waals surface area contributed by atoms with Gasteiger partial charge in [-0.05, 0) is 19.9 Å². The molecule has 18 heavy (non-hydrogen) atoms. The third-order valence-electron chi connectivity index (χ3n) is 3.53. The quantitative estimate of drug-likeness (QED) is 0.710. The SMILES string of the molecule is CN1CC(N)CCC1c1cc2ncnn2c(=O)[nH]1. The molecule has 0 aliphatic carbocycles. The van der Waals surface area contributed by atoms with Crippen LogP contribution in [0.4, 0.5) is 0 Å². The van der Waals surface area contributed by atoms with E-state index in [0.717, 1.165) is 25.1 Å². The molecule has 2 aromatic rings. The Kier molecular flexibility index (Phi) is 2.64. The molecule has 2 unspecified atom stereocenters. The van der Waals surface area contributed by atoms with Crippen molar-refractivity contribution in [2.45, 2.75) is 24.9 Å². The Labute approximate surface area is 104 Å². The fourth-order valence-corrected chi connectivity index (χ4v) is 2.61. The molecule has 0 amide bonds. The smallest absolute Gasteiger partial charge is 0.327 e. The predicted octanol–water partition coefficient (Wildman–Crippen LogP) is -0.488. The Hall–Kier alpha value is -1.73. The maximum Gasteiger partial charge on any atom is 0.348 e. The van der Waals surface area contributed by atoms with Crippen LogP contribution in [0.2, 0.25) is 0 Å². The summed E-state index contributed by atoms with van der Waals surface area (Å²) in [6.45, 7) is 0.838. The summed E-state index contributed by atoms with van der Waals surface area (Å²) >= 11 is 0. The standard InChI is InChI=1S/C11H16N6O/c1-16-5-7(12)2-3-9(16)8-4-10-13-6-14-17(10)11(18)15-8/h4,6-7,9H,2-3,5,12H2,1H3,(H,15,18). The molecule has 2 aromatic heterocycles. The monoisotopic (exact) mass is 248 g/mol. The van der Waals surface area contributed by atoms with E-state index >= 15 is 0 Å². The number of H-pyrrole nitrogens is 1. The van der Waals surface area contributed by atoms with Gasteiger partial charge in [0.05, 0.1) is 0 Å². The van der Waals surface area contributed by atoms with E-state index in [1.165, 1.54) is 10.8 Å². The van der Waals surface area contributed by atoms with Crippen LogP contribution in [0.25, 0.3) is 5.65 Å². The van der Waals surface area contributed by atoms with Gasteiger partial charge in [-0.1, -0.05) is 0 Å². The number of fused-ring (bicyclic) bond motifs is 1. The van der Waals surface area contributed by atoms with Crippen molar-refractivity contribution in [3.05, 3.63) is 28.6 Å². The van der Waals surface area contributed by atoms with Gasteiger partial charge >= 0.3 is 5.69 Å². The lowest BCUT2D eigenvalue weighted by atomic mass is 9.97. The summed E-state index contributed by atoms with van der Waals surface area (Å²) < 4.78 is 1.26. The van der Waals surface area contributed by atoms with Gasteiger partial charge in [-0.15, -0.1) is 0 Å². The van der Waals surface area contributed by atoms with Crippen molar-refractivity contribution in [2.24, 2.45) is 5.73 Å². The number of likely N-dealkylation sites (N-methyl/N-ethyl adjacent to an activating group) is 1. The number of aromatic amines is 1. The van der Waals surface area contributed by atoms with Crippen LogP contribution in [0.1, 0.15) is 24.6 Å². The lowest BCUT2D eigenvalue weighted by Gasteiger charge is -2.35. The Morgan fingerprint density at radius 1 is 1.50 bits per heavy atom. The summed E-state index contributed by atoms with van der Waals surface area (Å²) in [5.41, 5.74) is 7.15. The molecule has 2 atom stereocenters. The molecule has 7 nitrogen and oxygen atoms in total. The van der Waals surface area contributed by atoms with E-state index in [2.05, 4.69) is 20.0 Å². The van der Waals surface area contributed by atoms with Gasteiger partial charge in [0.15, 0.2) is 5.65 Å². The first-order chi connectivity index (χ1) is 8.65. The number of nitrogens with one attached hydrogen (secondary N) is 1. The largest absolute Gasteiger partial charge is 0.348 e. The zero-order valence-electron chi connectivity index (χ0n) is 10.2. The Bertz CT molecular complexity index is 617. The summed E-state index contributed by atoms with van der Waals surface area (Å²) in [5.74, 6) is 0. The Morgan fingerprint density at radius 2 is 2.33 bits per heavy atom. The first kappa shape index (κ1) is 11.4. The average molecular weight is 248 g/mol. The van der Waals surface area contributed by atoms with Crippen LogP contribution in [0, 0.1) is 0 Å². The number of nitrogens with zero attached hydrogens (tertiary/aromatic N) is 4. The van der Waals surface area contributed by atoms with Crippen LogP contribution in [0.5, 0.6) is 0 Å². The molecule has 1 fully saturated rings. The van der Waals surface area contributed by atoms with Gasteiger partial charge in [0.1, 0.15) is 6.33 Å². The van der Waals surface area contributed by atoms with Crippen molar-refractivity contribution in [3.8, 4) is 0 Å². The van der Waals surface area contributed by atoms with Gasteiger partial charge in [0.25, 0.3) is 0 Å². The Balaban J connectivity index is 2.01. The molecule has 1 saturated heterocycles. The highest BCUT2D eigenvalue weighted by Gasteiger charge is 2.26. The van der Waals surface area contributed by atoms with Crippen LogP contribution in [0.3, 0.4) is 0 Å². The first-order valence-electron chi connectivity index (χ1n) is 6.04. The maximum atomic E-state index is 11.8. The molecule has 7 heteroatoms. The molecule has 0 aromatic carbocycles. The topological polar surface area (TPSA) is 92.3 Å². The summed E-state index contributed by atoms with van der Waals surface area (Å²) in [4.78, 5) is 20.9. The predicted molar refractivity (Wildman–Crippen MR) is 66.2 cm³/mol. The molecular weight excluding hydrogens is 232 g/mol. The lowest BCUT2D eigenvalue weighted by Crippen LogP contribution is -2.43. The molecule has 3 N–H and O–H groups in total. The number of rotatable bonds is 1. The van der Waals surface area contributed by atoms with E-state index in [0.29, 0.717) is 5.65 Å². The zero-order chi connectivity index (χ0) is 12.7. The number of hydrogen-bond donors (Lipinski definition) is 2. The number of likely N-dealkylation sites (tertiary alicyclic amines) is 1. The van der Waals surface area contributed by atoms with E-state index in [1.807, 2.05) is 13.1 Å². The van der Waals surface area contributed by atoms with Crippen LogP contribution in [0.15, 0.2) is 17.2 Å². The molecule has 96 valence electrons. The highest BCUT2D eigenvalue weighted by atomic mass is 16.1. The fourth-order valence-electron chi connectivity index (χ4n) is 2.61. The minimum atomic E-state index is -0.247. The van der Waals surface area contributed by atoms with E-state index in [-0.39, 0.29) is 17.8 Å². The van der Waals surface area contributed by atoms with Crippen molar-refractivity contribution in [3.63, 3.8) is 0 Å². The summed E-state index contributed by atoms with van der Waals surface area (Å²) in [5, 5.41) is 3.86. The molecule has 1 aliphatic rings. The second-order valence-electron chi connectivity index (χ2n) is 4.85. The maximum absolute atomic E-state index is 11.8. The molecule has 3 heterocycles. The third kappa shape index (κ3) is 1.81. The molecule has 3 rings (SSSR count). The van der Waals surface area contributed by atoms with E-state index in [4.69, 9.17) is 5.73 Å². The molecule has 0 saturated carbocycles. The van der Waals surface area contributed by atoms with Crippen molar-refractivity contribution < 1.29 is 0 Å². The van der Waals surface area contributed by atoms with Gasteiger partial charge < -0.3 is 10.7 Å². The number of piperidine rings is 1. The summed E-state index contributed by atoms with van der Waals surface area (Å²) in [7, 11) is 2.02. The zero-order valence-corrected chi connectivity index (χ0v) is 10.2. The molecule has 1 aliphatic heterocycles. The Morgan fingerprint density at radius 3 is 3.11 bits per heavy atom. The van der Waals surface area contributed by atoms with Crippen molar-refractivity contribution in [1.29, 1.82) is 0 Å². The van der Waals surface area contributed by atoms with Crippen molar-refractivity contribution in [1.82, 2.24) is 24.5 Å². The highest BCUT2D eigenvalue weighted by Crippen LogP contribution is 2.27. The lowest BCUT2D eigenvalue weighted by molar-refractivity contribution is 0.166. The van der Waals surface area contributed by atoms with Crippen molar-refractivity contribution in [2.75, 3.05) is 13.6 Å². The molecule has 0 spiro atoms. The van der Waals surface area contributed by atoms with Crippen LogP contribution < -0.4 is 11.4 Å². The summed E-state index contributed by atoms with van der Waals surface area (Å²) in [6, 6.07) is 2.29. The van der Waals surface area contributed by atoms with Gasteiger partial charge in [0.2, 0.25) is 0 Å². The van der Waals surface area contributed by atoms with Gasteiger partial charge in [-0.25, -0.2) is 9.78 Å². The van der Waals surface area contributed by atoms with E-state index < -0.39 is 0 Å². The molecular formula is C11H16N6O. The fraction of sp³-hybridized carbons (Fsp3) is 0.545. The first-order valence-corrected chi connectivity index (χ1v) is 6.04.